The van der Waals surface area contributed by atoms with E-state index in [-0.39, 0.29) is 18.3 Å². The average molecular weight is 423 g/mol. The first-order valence-electron chi connectivity index (χ1n) is 10.3. The van der Waals surface area contributed by atoms with Gasteiger partial charge in [0.1, 0.15) is 5.82 Å². The third-order valence-electron chi connectivity index (χ3n) is 4.65. The summed E-state index contributed by atoms with van der Waals surface area (Å²) in [6.45, 7) is 4.96. The standard InChI is InChI=1S/C25H27FN2O3/c1-3-18-5-10-21(11-6-18)27-16-19-7-14-23(24(15-19)30-4-2)31-17-25(29)28-22-12-8-20(26)9-13-22/h5-15,27H,3-4,16-17H2,1-2H3,(H,28,29). The molecule has 3 aromatic carbocycles. The molecule has 0 radical (unpaired) electrons. The van der Waals surface area contributed by atoms with Crippen molar-refractivity contribution in [2.45, 2.75) is 26.8 Å². The van der Waals surface area contributed by atoms with E-state index in [2.05, 4.69) is 41.8 Å². The Morgan fingerprint density at radius 2 is 1.52 bits per heavy atom. The molecule has 0 aliphatic carbocycles. The highest BCUT2D eigenvalue weighted by molar-refractivity contribution is 5.91. The van der Waals surface area contributed by atoms with E-state index in [0.717, 1.165) is 17.7 Å². The van der Waals surface area contributed by atoms with Gasteiger partial charge in [-0.3, -0.25) is 4.79 Å². The molecule has 0 saturated heterocycles. The lowest BCUT2D eigenvalue weighted by Gasteiger charge is -2.14. The van der Waals surface area contributed by atoms with Gasteiger partial charge in [0.25, 0.3) is 5.91 Å². The topological polar surface area (TPSA) is 59.6 Å². The van der Waals surface area contributed by atoms with Crippen molar-refractivity contribution in [1.82, 2.24) is 0 Å². The molecule has 0 atom stereocenters. The van der Waals surface area contributed by atoms with E-state index in [1.807, 2.05) is 19.1 Å². The second-order valence-electron chi connectivity index (χ2n) is 6.96. The summed E-state index contributed by atoms with van der Waals surface area (Å²) in [4.78, 5) is 12.1. The maximum absolute atomic E-state index is 13.0. The molecule has 3 rings (SSSR count). The van der Waals surface area contributed by atoms with E-state index in [0.29, 0.717) is 30.3 Å². The van der Waals surface area contributed by atoms with Gasteiger partial charge in [-0.05, 0) is 73.0 Å². The largest absolute Gasteiger partial charge is 0.490 e. The molecule has 31 heavy (non-hydrogen) atoms. The number of anilines is 2. The number of benzene rings is 3. The van der Waals surface area contributed by atoms with Crippen molar-refractivity contribution in [3.8, 4) is 11.5 Å². The van der Waals surface area contributed by atoms with Gasteiger partial charge in [0, 0.05) is 17.9 Å². The summed E-state index contributed by atoms with van der Waals surface area (Å²) in [5, 5.41) is 6.06. The zero-order valence-electron chi connectivity index (χ0n) is 17.8. The molecule has 0 unspecified atom stereocenters. The molecule has 6 heteroatoms. The average Bonchev–Trinajstić information content (AvgIpc) is 2.79. The van der Waals surface area contributed by atoms with Crippen LogP contribution in [0.2, 0.25) is 0 Å². The zero-order chi connectivity index (χ0) is 22.1. The van der Waals surface area contributed by atoms with Crippen molar-refractivity contribution in [1.29, 1.82) is 0 Å². The second-order valence-corrected chi connectivity index (χ2v) is 6.96. The van der Waals surface area contributed by atoms with Crippen molar-refractivity contribution in [2.75, 3.05) is 23.8 Å². The van der Waals surface area contributed by atoms with E-state index >= 15 is 0 Å². The third-order valence-corrected chi connectivity index (χ3v) is 4.65. The quantitative estimate of drug-likeness (QED) is 0.458. The van der Waals surface area contributed by atoms with Crippen molar-refractivity contribution in [3.63, 3.8) is 0 Å². The van der Waals surface area contributed by atoms with Gasteiger partial charge in [0.05, 0.1) is 6.61 Å². The molecule has 0 aromatic heterocycles. The van der Waals surface area contributed by atoms with Gasteiger partial charge in [-0.2, -0.15) is 0 Å². The van der Waals surface area contributed by atoms with Gasteiger partial charge in [0.2, 0.25) is 0 Å². The Morgan fingerprint density at radius 1 is 0.839 bits per heavy atom. The van der Waals surface area contributed by atoms with Gasteiger partial charge in [-0.25, -0.2) is 4.39 Å². The van der Waals surface area contributed by atoms with E-state index in [1.54, 1.807) is 6.07 Å². The predicted molar refractivity (Wildman–Crippen MR) is 121 cm³/mol. The van der Waals surface area contributed by atoms with Crippen LogP contribution in [0, 0.1) is 5.82 Å². The summed E-state index contributed by atoms with van der Waals surface area (Å²) in [6.07, 6.45) is 1.02. The lowest BCUT2D eigenvalue weighted by molar-refractivity contribution is -0.118. The number of halogens is 1. The minimum absolute atomic E-state index is 0.182. The van der Waals surface area contributed by atoms with Crippen molar-refractivity contribution < 1.29 is 18.7 Å². The molecule has 2 N–H and O–H groups in total. The third kappa shape index (κ3) is 6.74. The monoisotopic (exact) mass is 422 g/mol. The van der Waals surface area contributed by atoms with E-state index < -0.39 is 0 Å². The van der Waals surface area contributed by atoms with E-state index in [4.69, 9.17) is 9.47 Å². The number of rotatable bonds is 10. The molecule has 0 aliphatic heterocycles. The summed E-state index contributed by atoms with van der Waals surface area (Å²) >= 11 is 0. The summed E-state index contributed by atoms with van der Waals surface area (Å²) in [5.74, 6) is 0.378. The minimum Gasteiger partial charge on any atom is -0.490 e. The van der Waals surface area contributed by atoms with Crippen LogP contribution in [0.4, 0.5) is 15.8 Å². The fourth-order valence-corrected chi connectivity index (χ4v) is 2.99. The van der Waals surface area contributed by atoms with Crippen LogP contribution >= 0.6 is 0 Å². The Labute approximate surface area is 182 Å². The van der Waals surface area contributed by atoms with Gasteiger partial charge in [-0.15, -0.1) is 0 Å². The number of carbonyl (C=O) groups is 1. The number of ether oxygens (including phenoxy) is 2. The highest BCUT2D eigenvalue weighted by Crippen LogP contribution is 2.29. The number of nitrogens with one attached hydrogen (secondary N) is 2. The molecule has 0 bridgehead atoms. The Morgan fingerprint density at radius 3 is 2.19 bits per heavy atom. The van der Waals surface area contributed by atoms with Crippen LogP contribution in [0.15, 0.2) is 66.7 Å². The highest BCUT2D eigenvalue weighted by Gasteiger charge is 2.10. The molecule has 0 fully saturated rings. The molecule has 3 aromatic rings. The van der Waals surface area contributed by atoms with Crippen molar-refractivity contribution in [2.24, 2.45) is 0 Å². The zero-order valence-corrected chi connectivity index (χ0v) is 17.8. The summed E-state index contributed by atoms with van der Waals surface area (Å²) in [6, 6.07) is 19.6. The smallest absolute Gasteiger partial charge is 0.262 e. The number of hydrogen-bond acceptors (Lipinski definition) is 4. The lowest BCUT2D eigenvalue weighted by Crippen LogP contribution is -2.20. The molecule has 162 valence electrons. The normalized spacial score (nSPS) is 10.4. The van der Waals surface area contributed by atoms with Crippen molar-refractivity contribution in [3.05, 3.63) is 83.7 Å². The van der Waals surface area contributed by atoms with Gasteiger partial charge < -0.3 is 20.1 Å². The van der Waals surface area contributed by atoms with Crippen molar-refractivity contribution >= 4 is 17.3 Å². The van der Waals surface area contributed by atoms with E-state index in [1.165, 1.54) is 29.8 Å². The van der Waals surface area contributed by atoms with Crippen LogP contribution in [0.25, 0.3) is 0 Å². The van der Waals surface area contributed by atoms with Crippen LogP contribution in [0.5, 0.6) is 11.5 Å². The van der Waals surface area contributed by atoms with Crippen LogP contribution in [-0.2, 0) is 17.8 Å². The highest BCUT2D eigenvalue weighted by atomic mass is 19.1. The summed E-state index contributed by atoms with van der Waals surface area (Å²) in [7, 11) is 0. The molecule has 0 aliphatic rings. The van der Waals surface area contributed by atoms with Gasteiger partial charge in [0.15, 0.2) is 18.1 Å². The first-order chi connectivity index (χ1) is 15.1. The molecule has 1 amide bonds. The van der Waals surface area contributed by atoms with E-state index in [9.17, 15) is 9.18 Å². The number of carbonyl (C=O) groups excluding carboxylic acids is 1. The Kier molecular flexibility index (Phi) is 7.87. The maximum atomic E-state index is 13.0. The van der Waals surface area contributed by atoms with Gasteiger partial charge >= 0.3 is 0 Å². The molecular weight excluding hydrogens is 395 g/mol. The SMILES string of the molecule is CCOc1cc(CNc2ccc(CC)cc2)ccc1OCC(=O)Nc1ccc(F)cc1. The molecule has 0 saturated carbocycles. The predicted octanol–water partition coefficient (Wildman–Crippen LogP) is 5.42. The number of hydrogen-bond donors (Lipinski definition) is 2. The lowest BCUT2D eigenvalue weighted by atomic mass is 10.1. The Balaban J connectivity index is 1.58. The fourth-order valence-electron chi connectivity index (χ4n) is 2.99. The summed E-state index contributed by atoms with van der Waals surface area (Å²) < 4.78 is 24.3. The molecule has 0 heterocycles. The van der Waals surface area contributed by atoms with Crippen LogP contribution in [-0.4, -0.2) is 19.1 Å². The Bertz CT molecular complexity index is 989. The van der Waals surface area contributed by atoms with Crippen LogP contribution in [0.1, 0.15) is 25.0 Å². The minimum atomic E-state index is -0.358. The van der Waals surface area contributed by atoms with Gasteiger partial charge in [-0.1, -0.05) is 25.1 Å². The van der Waals surface area contributed by atoms with Crippen LogP contribution < -0.4 is 20.1 Å². The molecule has 5 nitrogen and oxygen atoms in total. The second kappa shape index (κ2) is 11.0. The first kappa shape index (κ1) is 22.2. The summed E-state index contributed by atoms with van der Waals surface area (Å²) in [5.41, 5.74) is 3.89. The molecule has 0 spiro atoms. The maximum Gasteiger partial charge on any atom is 0.262 e. The molecular formula is C25H27FN2O3. The number of amides is 1. The first-order valence-corrected chi connectivity index (χ1v) is 10.3. The van der Waals surface area contributed by atoms with Crippen LogP contribution in [0.3, 0.4) is 0 Å². The Hall–Kier alpha value is -3.54. The number of aryl methyl sites for hydroxylation is 1. The fraction of sp³-hybridized carbons (Fsp3) is 0.240.